The summed E-state index contributed by atoms with van der Waals surface area (Å²) in [6.45, 7) is 1.59. The second kappa shape index (κ2) is 6.88. The zero-order valence-corrected chi connectivity index (χ0v) is 9.67. The first-order chi connectivity index (χ1) is 8.09. The lowest BCUT2D eigenvalue weighted by molar-refractivity contribution is 0.0308. The summed E-state index contributed by atoms with van der Waals surface area (Å²) >= 11 is 0. The van der Waals surface area contributed by atoms with Crippen molar-refractivity contribution in [2.75, 3.05) is 6.54 Å². The van der Waals surface area contributed by atoms with Crippen LogP contribution >= 0.6 is 0 Å². The van der Waals surface area contributed by atoms with E-state index in [-0.39, 0.29) is 13.2 Å². The smallest absolute Gasteiger partial charge is 0.407 e. The van der Waals surface area contributed by atoms with Gasteiger partial charge in [0.1, 0.15) is 6.61 Å². The molecule has 1 aromatic rings. The van der Waals surface area contributed by atoms with Crippen LogP contribution in [-0.2, 0) is 11.3 Å². The standard InChI is InChI=1S/C12H17NO4/c1-9(14)11(15)7-13-12(16)17-8-10-5-3-2-4-6-10/h2-6,9,11,14-15H,7-8H2,1H3,(H,13,16)/t9-,11-/m1/s1. The molecule has 0 heterocycles. The lowest BCUT2D eigenvalue weighted by Gasteiger charge is -2.14. The average molecular weight is 239 g/mol. The van der Waals surface area contributed by atoms with Gasteiger partial charge in [0.2, 0.25) is 0 Å². The van der Waals surface area contributed by atoms with E-state index < -0.39 is 18.3 Å². The summed E-state index contributed by atoms with van der Waals surface area (Å²) in [4.78, 5) is 11.2. The van der Waals surface area contributed by atoms with Gasteiger partial charge in [0, 0.05) is 6.54 Å². The number of alkyl carbamates (subject to hydrolysis) is 1. The molecule has 17 heavy (non-hydrogen) atoms. The Kier molecular flexibility index (Phi) is 5.45. The first-order valence-electron chi connectivity index (χ1n) is 5.40. The molecule has 0 saturated carbocycles. The van der Waals surface area contributed by atoms with Gasteiger partial charge >= 0.3 is 6.09 Å². The Balaban J connectivity index is 2.22. The van der Waals surface area contributed by atoms with E-state index >= 15 is 0 Å². The van der Waals surface area contributed by atoms with Crippen LogP contribution in [0, 0.1) is 0 Å². The fraction of sp³-hybridized carbons (Fsp3) is 0.417. The van der Waals surface area contributed by atoms with Crippen LogP contribution in [0.2, 0.25) is 0 Å². The largest absolute Gasteiger partial charge is 0.445 e. The lowest BCUT2D eigenvalue weighted by Crippen LogP contribution is -2.37. The Morgan fingerprint density at radius 3 is 2.59 bits per heavy atom. The highest BCUT2D eigenvalue weighted by Crippen LogP contribution is 2.00. The minimum absolute atomic E-state index is 0.0364. The lowest BCUT2D eigenvalue weighted by atomic mass is 10.2. The molecule has 1 amide bonds. The van der Waals surface area contributed by atoms with Gasteiger partial charge in [-0.15, -0.1) is 0 Å². The van der Waals surface area contributed by atoms with Crippen molar-refractivity contribution in [2.45, 2.75) is 25.7 Å². The SMILES string of the molecule is C[C@@H](O)[C@H](O)CNC(=O)OCc1ccccc1. The van der Waals surface area contributed by atoms with Crippen molar-refractivity contribution in [3.8, 4) is 0 Å². The predicted octanol–water partition coefficient (Wildman–Crippen LogP) is 0.654. The maximum absolute atomic E-state index is 11.2. The summed E-state index contributed by atoms with van der Waals surface area (Å²) in [5, 5.41) is 20.6. The fourth-order valence-corrected chi connectivity index (χ4v) is 1.13. The summed E-state index contributed by atoms with van der Waals surface area (Å²) in [5.41, 5.74) is 0.888. The van der Waals surface area contributed by atoms with Crippen LogP contribution in [0.15, 0.2) is 30.3 Å². The number of carbonyl (C=O) groups is 1. The summed E-state index contributed by atoms with van der Waals surface area (Å²) in [7, 11) is 0. The summed E-state index contributed by atoms with van der Waals surface area (Å²) in [5.74, 6) is 0. The molecule has 2 atom stereocenters. The van der Waals surface area contributed by atoms with Gasteiger partial charge in [0.15, 0.2) is 0 Å². The van der Waals surface area contributed by atoms with Crippen LogP contribution in [0.1, 0.15) is 12.5 Å². The highest BCUT2D eigenvalue weighted by atomic mass is 16.5. The number of carbonyl (C=O) groups excluding carboxylic acids is 1. The fourth-order valence-electron chi connectivity index (χ4n) is 1.13. The molecule has 94 valence electrons. The zero-order chi connectivity index (χ0) is 12.7. The van der Waals surface area contributed by atoms with Crippen LogP contribution in [0.3, 0.4) is 0 Å². The van der Waals surface area contributed by atoms with E-state index in [1.165, 1.54) is 6.92 Å². The Morgan fingerprint density at radius 2 is 2.00 bits per heavy atom. The third-order valence-corrected chi connectivity index (χ3v) is 2.23. The monoisotopic (exact) mass is 239 g/mol. The molecule has 5 nitrogen and oxygen atoms in total. The van der Waals surface area contributed by atoms with E-state index in [0.29, 0.717) is 0 Å². The zero-order valence-electron chi connectivity index (χ0n) is 9.67. The molecule has 1 rings (SSSR count). The Morgan fingerprint density at radius 1 is 1.35 bits per heavy atom. The van der Waals surface area contributed by atoms with Crippen LogP contribution in [0.5, 0.6) is 0 Å². The van der Waals surface area contributed by atoms with Gasteiger partial charge in [-0.25, -0.2) is 4.79 Å². The number of aliphatic hydroxyl groups excluding tert-OH is 2. The van der Waals surface area contributed by atoms with E-state index in [1.54, 1.807) is 0 Å². The van der Waals surface area contributed by atoms with E-state index in [4.69, 9.17) is 9.84 Å². The maximum atomic E-state index is 11.2. The number of hydrogen-bond acceptors (Lipinski definition) is 4. The summed E-state index contributed by atoms with van der Waals surface area (Å²) in [6.07, 6.45) is -2.49. The van der Waals surface area contributed by atoms with Crippen molar-refractivity contribution in [1.29, 1.82) is 0 Å². The molecule has 1 aromatic carbocycles. The molecular weight excluding hydrogens is 222 g/mol. The van der Waals surface area contributed by atoms with Crippen molar-refractivity contribution in [2.24, 2.45) is 0 Å². The van der Waals surface area contributed by atoms with E-state index in [2.05, 4.69) is 5.32 Å². The Hall–Kier alpha value is -1.59. The average Bonchev–Trinajstić information content (AvgIpc) is 2.34. The molecule has 5 heteroatoms. The quantitative estimate of drug-likeness (QED) is 0.705. The molecule has 0 spiro atoms. The molecule has 3 N–H and O–H groups in total. The molecule has 0 aromatic heterocycles. The van der Waals surface area contributed by atoms with E-state index in [1.807, 2.05) is 30.3 Å². The number of rotatable bonds is 5. The van der Waals surface area contributed by atoms with Crippen molar-refractivity contribution >= 4 is 6.09 Å². The molecule has 0 aliphatic rings. The van der Waals surface area contributed by atoms with Crippen molar-refractivity contribution < 1.29 is 19.7 Å². The highest BCUT2D eigenvalue weighted by Gasteiger charge is 2.12. The van der Waals surface area contributed by atoms with Crippen LogP contribution in [0.4, 0.5) is 4.79 Å². The summed E-state index contributed by atoms with van der Waals surface area (Å²) in [6, 6.07) is 9.28. The van der Waals surface area contributed by atoms with Gasteiger partial charge in [-0.05, 0) is 12.5 Å². The third-order valence-electron chi connectivity index (χ3n) is 2.23. The molecule has 0 aliphatic heterocycles. The number of amides is 1. The van der Waals surface area contributed by atoms with Crippen molar-refractivity contribution in [3.63, 3.8) is 0 Å². The number of nitrogens with one attached hydrogen (secondary N) is 1. The van der Waals surface area contributed by atoms with Gasteiger partial charge in [-0.3, -0.25) is 0 Å². The van der Waals surface area contributed by atoms with E-state index in [9.17, 15) is 9.90 Å². The highest BCUT2D eigenvalue weighted by molar-refractivity contribution is 5.67. The molecule has 0 radical (unpaired) electrons. The van der Waals surface area contributed by atoms with Gasteiger partial charge in [-0.1, -0.05) is 30.3 Å². The summed E-state index contributed by atoms with van der Waals surface area (Å²) < 4.78 is 4.92. The van der Waals surface area contributed by atoms with Crippen LogP contribution < -0.4 is 5.32 Å². The molecule has 0 aliphatic carbocycles. The van der Waals surface area contributed by atoms with Gasteiger partial charge in [0.05, 0.1) is 12.2 Å². The minimum Gasteiger partial charge on any atom is -0.445 e. The topological polar surface area (TPSA) is 78.8 Å². The Bertz CT molecular complexity index is 340. The maximum Gasteiger partial charge on any atom is 0.407 e. The number of benzene rings is 1. The first kappa shape index (κ1) is 13.5. The van der Waals surface area contributed by atoms with Crippen molar-refractivity contribution in [1.82, 2.24) is 5.32 Å². The third kappa shape index (κ3) is 5.33. The van der Waals surface area contributed by atoms with E-state index in [0.717, 1.165) is 5.56 Å². The molecule has 0 bridgehead atoms. The van der Waals surface area contributed by atoms with Crippen molar-refractivity contribution in [3.05, 3.63) is 35.9 Å². The second-order valence-electron chi connectivity index (χ2n) is 3.75. The van der Waals surface area contributed by atoms with Crippen LogP contribution in [-0.4, -0.2) is 35.1 Å². The van der Waals surface area contributed by atoms with Gasteiger partial charge in [0.25, 0.3) is 0 Å². The minimum atomic E-state index is -0.987. The number of aliphatic hydroxyl groups is 2. The molecular formula is C12H17NO4. The molecule has 0 saturated heterocycles. The number of ether oxygens (including phenoxy) is 1. The number of hydrogen-bond donors (Lipinski definition) is 3. The Labute approximate surface area is 100 Å². The normalized spacial score (nSPS) is 13.8. The predicted molar refractivity (Wildman–Crippen MR) is 62.3 cm³/mol. The van der Waals surface area contributed by atoms with Gasteiger partial charge < -0.3 is 20.3 Å². The molecule has 0 fully saturated rings. The first-order valence-corrected chi connectivity index (χ1v) is 5.40. The molecule has 0 unspecified atom stereocenters. The van der Waals surface area contributed by atoms with Crippen LogP contribution in [0.25, 0.3) is 0 Å². The second-order valence-corrected chi connectivity index (χ2v) is 3.75. The van der Waals surface area contributed by atoms with Gasteiger partial charge in [-0.2, -0.15) is 0 Å².